The number of ether oxygens (including phenoxy) is 1. The van der Waals surface area contributed by atoms with E-state index in [0.29, 0.717) is 25.2 Å². The van der Waals surface area contributed by atoms with Crippen LogP contribution in [-0.2, 0) is 11.2 Å². The van der Waals surface area contributed by atoms with Gasteiger partial charge >= 0.3 is 0 Å². The second kappa shape index (κ2) is 6.55. The Morgan fingerprint density at radius 2 is 1.94 bits per heavy atom. The van der Waals surface area contributed by atoms with E-state index in [2.05, 4.69) is 17.0 Å². The third-order valence-corrected chi connectivity index (χ3v) is 3.38. The molecule has 0 bridgehead atoms. The topological polar surface area (TPSA) is 29.5 Å². The Morgan fingerprint density at radius 1 is 1.22 bits per heavy atom. The minimum atomic E-state index is 0.404. The SMILES string of the molecule is CCOc1ccccc1CCN1CCC(=O)CC1. The number of benzene rings is 1. The van der Waals surface area contributed by atoms with Gasteiger partial charge in [-0.05, 0) is 25.0 Å². The second-order valence-corrected chi connectivity index (χ2v) is 4.67. The van der Waals surface area contributed by atoms with Gasteiger partial charge in [0, 0.05) is 32.5 Å². The van der Waals surface area contributed by atoms with Crippen molar-refractivity contribution in [3.63, 3.8) is 0 Å². The predicted molar refractivity (Wildman–Crippen MR) is 72.0 cm³/mol. The standard InChI is InChI=1S/C15H21NO2/c1-2-18-15-6-4-3-5-13(15)7-10-16-11-8-14(17)9-12-16/h3-6H,2,7-12H2,1H3. The highest BCUT2D eigenvalue weighted by atomic mass is 16.5. The maximum Gasteiger partial charge on any atom is 0.135 e. The van der Waals surface area contributed by atoms with E-state index in [1.54, 1.807) is 0 Å². The third kappa shape index (κ3) is 3.57. The van der Waals surface area contributed by atoms with Gasteiger partial charge in [0.15, 0.2) is 0 Å². The summed E-state index contributed by atoms with van der Waals surface area (Å²) >= 11 is 0. The Hall–Kier alpha value is -1.35. The lowest BCUT2D eigenvalue weighted by atomic mass is 10.1. The molecule has 18 heavy (non-hydrogen) atoms. The van der Waals surface area contributed by atoms with Gasteiger partial charge in [0.25, 0.3) is 0 Å². The average Bonchev–Trinajstić information content (AvgIpc) is 2.40. The molecule has 0 atom stereocenters. The molecule has 2 rings (SSSR count). The number of carbonyl (C=O) groups is 1. The number of carbonyl (C=O) groups excluding carboxylic acids is 1. The quantitative estimate of drug-likeness (QED) is 0.799. The molecule has 0 radical (unpaired) electrons. The van der Waals surface area contributed by atoms with Crippen LogP contribution < -0.4 is 4.74 Å². The fraction of sp³-hybridized carbons (Fsp3) is 0.533. The maximum atomic E-state index is 11.2. The molecule has 1 fully saturated rings. The van der Waals surface area contributed by atoms with Crippen LogP contribution in [-0.4, -0.2) is 36.9 Å². The van der Waals surface area contributed by atoms with Gasteiger partial charge < -0.3 is 9.64 Å². The summed E-state index contributed by atoms with van der Waals surface area (Å²) in [4.78, 5) is 13.5. The Kier molecular flexibility index (Phi) is 4.76. The number of nitrogens with zero attached hydrogens (tertiary/aromatic N) is 1. The van der Waals surface area contributed by atoms with Crippen molar-refractivity contribution < 1.29 is 9.53 Å². The molecule has 98 valence electrons. The molecule has 3 heteroatoms. The monoisotopic (exact) mass is 247 g/mol. The molecule has 3 nitrogen and oxygen atoms in total. The van der Waals surface area contributed by atoms with Gasteiger partial charge in [0.05, 0.1) is 6.61 Å². The van der Waals surface area contributed by atoms with Crippen molar-refractivity contribution in [2.45, 2.75) is 26.2 Å². The molecular formula is C15H21NO2. The van der Waals surface area contributed by atoms with Crippen LogP contribution >= 0.6 is 0 Å². The van der Waals surface area contributed by atoms with E-state index in [0.717, 1.165) is 31.8 Å². The summed E-state index contributed by atoms with van der Waals surface area (Å²) in [5.41, 5.74) is 1.26. The molecule has 0 unspecified atom stereocenters. The maximum absolute atomic E-state index is 11.2. The number of ketones is 1. The van der Waals surface area contributed by atoms with E-state index in [1.807, 2.05) is 19.1 Å². The number of hydrogen-bond donors (Lipinski definition) is 0. The lowest BCUT2D eigenvalue weighted by molar-refractivity contribution is -0.121. The molecule has 1 aromatic carbocycles. The molecule has 1 aliphatic heterocycles. The Bertz CT molecular complexity index is 393. The average molecular weight is 247 g/mol. The molecule has 0 spiro atoms. The van der Waals surface area contributed by atoms with Gasteiger partial charge in [0.2, 0.25) is 0 Å². The summed E-state index contributed by atoms with van der Waals surface area (Å²) in [6.07, 6.45) is 2.42. The summed E-state index contributed by atoms with van der Waals surface area (Å²) in [6, 6.07) is 8.21. The smallest absolute Gasteiger partial charge is 0.135 e. The van der Waals surface area contributed by atoms with Gasteiger partial charge in [0.1, 0.15) is 11.5 Å². The van der Waals surface area contributed by atoms with Crippen molar-refractivity contribution in [2.24, 2.45) is 0 Å². The van der Waals surface area contributed by atoms with Crippen molar-refractivity contribution in [1.82, 2.24) is 4.90 Å². The molecule has 1 saturated heterocycles. The summed E-state index contributed by atoms with van der Waals surface area (Å²) in [5, 5.41) is 0. The number of likely N-dealkylation sites (tertiary alicyclic amines) is 1. The highest BCUT2D eigenvalue weighted by Gasteiger charge is 2.16. The van der Waals surface area contributed by atoms with Gasteiger partial charge in [-0.3, -0.25) is 4.79 Å². The first-order valence-corrected chi connectivity index (χ1v) is 6.74. The Balaban J connectivity index is 1.87. The van der Waals surface area contributed by atoms with Crippen LogP contribution in [0, 0.1) is 0 Å². The number of hydrogen-bond acceptors (Lipinski definition) is 3. The van der Waals surface area contributed by atoms with Crippen LogP contribution in [0.4, 0.5) is 0 Å². The van der Waals surface area contributed by atoms with Crippen molar-refractivity contribution >= 4 is 5.78 Å². The molecular weight excluding hydrogens is 226 g/mol. The zero-order chi connectivity index (χ0) is 12.8. The van der Waals surface area contributed by atoms with Crippen LogP contribution in [0.2, 0.25) is 0 Å². The molecule has 1 heterocycles. The normalized spacial score (nSPS) is 16.8. The number of rotatable bonds is 5. The van der Waals surface area contributed by atoms with E-state index >= 15 is 0 Å². The fourth-order valence-corrected chi connectivity index (χ4v) is 2.31. The zero-order valence-electron chi connectivity index (χ0n) is 11.0. The Labute approximate surface area is 109 Å². The first-order valence-electron chi connectivity index (χ1n) is 6.74. The van der Waals surface area contributed by atoms with E-state index < -0.39 is 0 Å². The second-order valence-electron chi connectivity index (χ2n) is 4.67. The minimum absolute atomic E-state index is 0.404. The Morgan fingerprint density at radius 3 is 2.67 bits per heavy atom. The van der Waals surface area contributed by atoms with E-state index in [4.69, 9.17) is 4.74 Å². The number of para-hydroxylation sites is 1. The zero-order valence-corrected chi connectivity index (χ0v) is 11.0. The van der Waals surface area contributed by atoms with Crippen molar-refractivity contribution in [1.29, 1.82) is 0 Å². The minimum Gasteiger partial charge on any atom is -0.494 e. The first kappa shape index (κ1) is 13.1. The van der Waals surface area contributed by atoms with Crippen LogP contribution in [0.1, 0.15) is 25.3 Å². The highest BCUT2D eigenvalue weighted by Crippen LogP contribution is 2.19. The van der Waals surface area contributed by atoms with Gasteiger partial charge in [-0.2, -0.15) is 0 Å². The largest absolute Gasteiger partial charge is 0.494 e. The molecule has 0 N–H and O–H groups in total. The van der Waals surface area contributed by atoms with E-state index in [1.165, 1.54) is 5.56 Å². The molecule has 0 amide bonds. The molecule has 1 aromatic rings. The third-order valence-electron chi connectivity index (χ3n) is 3.38. The summed E-state index contributed by atoms with van der Waals surface area (Å²) in [6.45, 7) is 5.55. The molecule has 0 aromatic heterocycles. The van der Waals surface area contributed by atoms with E-state index in [-0.39, 0.29) is 0 Å². The van der Waals surface area contributed by atoms with Gasteiger partial charge in [-0.1, -0.05) is 18.2 Å². The van der Waals surface area contributed by atoms with E-state index in [9.17, 15) is 4.79 Å². The van der Waals surface area contributed by atoms with Gasteiger partial charge in [-0.15, -0.1) is 0 Å². The van der Waals surface area contributed by atoms with Crippen LogP contribution in [0.5, 0.6) is 5.75 Å². The lowest BCUT2D eigenvalue weighted by Crippen LogP contribution is -2.35. The number of piperidine rings is 1. The molecule has 0 saturated carbocycles. The summed E-state index contributed by atoms with van der Waals surface area (Å²) < 4.78 is 5.62. The fourth-order valence-electron chi connectivity index (χ4n) is 2.31. The summed E-state index contributed by atoms with van der Waals surface area (Å²) in [5.74, 6) is 1.40. The van der Waals surface area contributed by atoms with Gasteiger partial charge in [-0.25, -0.2) is 0 Å². The van der Waals surface area contributed by atoms with Crippen LogP contribution in [0.25, 0.3) is 0 Å². The number of Topliss-reactive ketones (excluding diaryl/α,β-unsaturated/α-hetero) is 1. The van der Waals surface area contributed by atoms with Crippen molar-refractivity contribution in [3.8, 4) is 5.75 Å². The highest BCUT2D eigenvalue weighted by molar-refractivity contribution is 5.79. The van der Waals surface area contributed by atoms with Crippen LogP contribution in [0.3, 0.4) is 0 Å². The summed E-state index contributed by atoms with van der Waals surface area (Å²) in [7, 11) is 0. The van der Waals surface area contributed by atoms with Crippen LogP contribution in [0.15, 0.2) is 24.3 Å². The van der Waals surface area contributed by atoms with Crippen molar-refractivity contribution in [2.75, 3.05) is 26.2 Å². The first-order chi connectivity index (χ1) is 8.79. The molecule has 0 aliphatic carbocycles. The molecule has 1 aliphatic rings. The predicted octanol–water partition coefficient (Wildman–Crippen LogP) is 2.29. The van der Waals surface area contributed by atoms with Crippen molar-refractivity contribution in [3.05, 3.63) is 29.8 Å². The lowest BCUT2D eigenvalue weighted by Gasteiger charge is -2.25.